The Bertz CT molecular complexity index is 874. The fourth-order valence-electron chi connectivity index (χ4n) is 2.79. The average molecular weight is 339 g/mol. The van der Waals surface area contributed by atoms with Gasteiger partial charge in [-0.05, 0) is 25.0 Å². The summed E-state index contributed by atoms with van der Waals surface area (Å²) in [6, 6.07) is 15.5. The molecule has 0 saturated carbocycles. The van der Waals surface area contributed by atoms with Gasteiger partial charge in [-0.2, -0.15) is 4.39 Å². The second-order valence-electron chi connectivity index (χ2n) is 5.77. The number of aromatic nitrogens is 2. The highest BCUT2D eigenvalue weighted by Gasteiger charge is 2.20. The fraction of sp³-hybridized carbons (Fsp3) is 0.211. The number of nitro benzene ring substituents is 1. The first-order chi connectivity index (χ1) is 12.1. The molecule has 0 fully saturated rings. The van der Waals surface area contributed by atoms with Gasteiger partial charge in [0.25, 0.3) is 5.69 Å². The molecule has 3 aromatic rings. The molecule has 0 amide bonds. The molecule has 25 heavy (non-hydrogen) atoms. The lowest BCUT2D eigenvalue weighted by atomic mass is 10.0. The summed E-state index contributed by atoms with van der Waals surface area (Å²) in [5.41, 5.74) is 2.71. The Morgan fingerprint density at radius 2 is 1.80 bits per heavy atom. The highest BCUT2D eigenvalue weighted by molar-refractivity contribution is 5.66. The number of unbranched alkanes of at least 4 members (excludes halogenated alkanes) is 1. The monoisotopic (exact) mass is 339 g/mol. The minimum atomic E-state index is -0.495. The lowest BCUT2D eigenvalue weighted by Crippen LogP contribution is -2.00. The third-order valence-electron chi connectivity index (χ3n) is 4.07. The zero-order valence-electron chi connectivity index (χ0n) is 13.9. The van der Waals surface area contributed by atoms with Crippen LogP contribution in [0, 0.1) is 16.1 Å². The summed E-state index contributed by atoms with van der Waals surface area (Å²) in [5, 5.41) is 14.9. The van der Waals surface area contributed by atoms with Crippen molar-refractivity contribution in [3.05, 3.63) is 76.2 Å². The van der Waals surface area contributed by atoms with E-state index in [-0.39, 0.29) is 5.69 Å². The maximum Gasteiger partial charge on any atom is 0.269 e. The van der Waals surface area contributed by atoms with Gasteiger partial charge in [0.1, 0.15) is 0 Å². The number of halogens is 1. The number of hydrogen-bond acceptors (Lipinski definition) is 3. The maximum absolute atomic E-state index is 14.5. The van der Waals surface area contributed by atoms with Gasteiger partial charge < -0.3 is 0 Å². The molecule has 0 atom stereocenters. The minimum Gasteiger partial charge on any atom is -0.258 e. The topological polar surface area (TPSA) is 61.0 Å². The molecule has 3 rings (SSSR count). The van der Waals surface area contributed by atoms with E-state index < -0.39 is 10.9 Å². The van der Waals surface area contributed by atoms with E-state index in [0.29, 0.717) is 23.4 Å². The van der Waals surface area contributed by atoms with Gasteiger partial charge in [0.05, 0.1) is 16.3 Å². The molecular formula is C19H18FN3O2. The van der Waals surface area contributed by atoms with E-state index in [0.717, 1.165) is 18.4 Å². The highest BCUT2D eigenvalue weighted by atomic mass is 19.1. The molecule has 0 bridgehead atoms. The summed E-state index contributed by atoms with van der Waals surface area (Å²) in [6.45, 7) is 2.06. The summed E-state index contributed by atoms with van der Waals surface area (Å²) in [4.78, 5) is 10.4. The molecule has 0 saturated heterocycles. The minimum absolute atomic E-state index is 0.0103. The quantitative estimate of drug-likeness (QED) is 0.472. The van der Waals surface area contributed by atoms with E-state index in [1.165, 1.54) is 16.8 Å². The second-order valence-corrected chi connectivity index (χ2v) is 5.77. The number of hydrogen-bond donors (Lipinski definition) is 0. The van der Waals surface area contributed by atoms with Crippen LogP contribution in [0.1, 0.15) is 25.3 Å². The third kappa shape index (κ3) is 3.42. The molecule has 2 aromatic carbocycles. The lowest BCUT2D eigenvalue weighted by Gasteiger charge is -2.09. The van der Waals surface area contributed by atoms with Gasteiger partial charge in [-0.15, -0.1) is 5.10 Å². The molecular weight excluding hydrogens is 321 g/mol. The zero-order valence-corrected chi connectivity index (χ0v) is 13.9. The molecule has 0 aliphatic heterocycles. The predicted molar refractivity (Wildman–Crippen MR) is 94.2 cm³/mol. The van der Waals surface area contributed by atoms with Gasteiger partial charge in [0.15, 0.2) is 0 Å². The number of nitrogens with zero attached hydrogens (tertiary/aromatic N) is 3. The van der Waals surface area contributed by atoms with Gasteiger partial charge >= 0.3 is 0 Å². The van der Waals surface area contributed by atoms with Crippen molar-refractivity contribution in [1.82, 2.24) is 9.78 Å². The molecule has 6 heteroatoms. The van der Waals surface area contributed by atoms with Gasteiger partial charge in [0.2, 0.25) is 5.95 Å². The van der Waals surface area contributed by atoms with Crippen molar-refractivity contribution in [1.29, 1.82) is 0 Å². The molecule has 0 N–H and O–H groups in total. The Kier molecular flexibility index (Phi) is 4.88. The largest absolute Gasteiger partial charge is 0.269 e. The first kappa shape index (κ1) is 16.8. The molecule has 1 aromatic heterocycles. The Balaban J connectivity index is 2.14. The standard InChI is InChI=1S/C19H18FN3O2/c1-2-3-9-17-18(14-7-5-4-6-8-14)22(21-19(17)20)15-10-12-16(13-11-15)23(24)25/h4-8,10-13H,2-3,9H2,1H3. The average Bonchev–Trinajstić information content (AvgIpc) is 2.97. The number of non-ortho nitro benzene ring substituents is 1. The van der Waals surface area contributed by atoms with Crippen LogP contribution < -0.4 is 0 Å². The van der Waals surface area contributed by atoms with Crippen LogP contribution in [0.3, 0.4) is 0 Å². The fourth-order valence-corrected chi connectivity index (χ4v) is 2.79. The SMILES string of the molecule is CCCCc1c(F)nn(-c2ccc([N+](=O)[O-])cc2)c1-c1ccccc1. The van der Waals surface area contributed by atoms with Crippen molar-refractivity contribution in [2.45, 2.75) is 26.2 Å². The van der Waals surface area contributed by atoms with Crippen molar-refractivity contribution in [3.63, 3.8) is 0 Å². The van der Waals surface area contributed by atoms with Crippen LogP contribution in [0.5, 0.6) is 0 Å². The van der Waals surface area contributed by atoms with Crippen molar-refractivity contribution >= 4 is 5.69 Å². The zero-order chi connectivity index (χ0) is 17.8. The first-order valence-electron chi connectivity index (χ1n) is 8.19. The predicted octanol–water partition coefficient (Wildman–Crippen LogP) is 4.93. The molecule has 0 unspecified atom stereocenters. The molecule has 0 spiro atoms. The Morgan fingerprint density at radius 1 is 1.12 bits per heavy atom. The smallest absolute Gasteiger partial charge is 0.258 e. The van der Waals surface area contributed by atoms with Crippen molar-refractivity contribution < 1.29 is 9.31 Å². The van der Waals surface area contributed by atoms with Gasteiger partial charge in [0, 0.05) is 23.3 Å². The maximum atomic E-state index is 14.5. The van der Waals surface area contributed by atoms with Crippen molar-refractivity contribution in [2.24, 2.45) is 0 Å². The number of nitro groups is 1. The van der Waals surface area contributed by atoms with E-state index in [2.05, 4.69) is 12.0 Å². The van der Waals surface area contributed by atoms with Crippen LogP contribution in [-0.4, -0.2) is 14.7 Å². The van der Waals surface area contributed by atoms with Gasteiger partial charge in [-0.3, -0.25) is 10.1 Å². The Hall–Kier alpha value is -3.02. The van der Waals surface area contributed by atoms with E-state index in [9.17, 15) is 14.5 Å². The molecule has 0 aliphatic rings. The van der Waals surface area contributed by atoms with E-state index in [1.807, 2.05) is 30.3 Å². The summed E-state index contributed by atoms with van der Waals surface area (Å²) in [6.07, 6.45) is 2.42. The molecule has 128 valence electrons. The Morgan fingerprint density at radius 3 is 2.40 bits per heavy atom. The Labute approximate surface area is 144 Å². The molecule has 5 nitrogen and oxygen atoms in total. The van der Waals surface area contributed by atoms with Gasteiger partial charge in [-0.25, -0.2) is 4.68 Å². The van der Waals surface area contributed by atoms with Crippen LogP contribution in [-0.2, 0) is 6.42 Å². The second kappa shape index (κ2) is 7.25. The summed E-state index contributed by atoms with van der Waals surface area (Å²) in [5.74, 6) is -0.495. The molecule has 1 heterocycles. The third-order valence-corrected chi connectivity index (χ3v) is 4.07. The highest BCUT2D eigenvalue weighted by Crippen LogP contribution is 2.30. The lowest BCUT2D eigenvalue weighted by molar-refractivity contribution is -0.384. The van der Waals surface area contributed by atoms with Crippen LogP contribution in [0.2, 0.25) is 0 Å². The first-order valence-corrected chi connectivity index (χ1v) is 8.19. The normalized spacial score (nSPS) is 10.8. The van der Waals surface area contributed by atoms with Crippen molar-refractivity contribution in [3.8, 4) is 16.9 Å². The summed E-state index contributed by atoms with van der Waals surface area (Å²) >= 11 is 0. The van der Waals surface area contributed by atoms with E-state index in [1.54, 1.807) is 12.1 Å². The van der Waals surface area contributed by atoms with Crippen LogP contribution in [0.25, 0.3) is 16.9 Å². The molecule has 0 radical (unpaired) electrons. The van der Waals surface area contributed by atoms with Crippen molar-refractivity contribution in [2.75, 3.05) is 0 Å². The molecule has 0 aliphatic carbocycles. The van der Waals surface area contributed by atoms with E-state index in [4.69, 9.17) is 0 Å². The van der Waals surface area contributed by atoms with Crippen LogP contribution in [0.4, 0.5) is 10.1 Å². The van der Waals surface area contributed by atoms with Crippen LogP contribution in [0.15, 0.2) is 54.6 Å². The number of rotatable bonds is 6. The van der Waals surface area contributed by atoms with Crippen LogP contribution >= 0.6 is 0 Å². The summed E-state index contributed by atoms with van der Waals surface area (Å²) < 4.78 is 16.1. The number of benzene rings is 2. The summed E-state index contributed by atoms with van der Waals surface area (Å²) in [7, 11) is 0. The van der Waals surface area contributed by atoms with Gasteiger partial charge in [-0.1, -0.05) is 43.7 Å². The van der Waals surface area contributed by atoms with E-state index >= 15 is 0 Å².